The molecule has 1 aliphatic rings. The Bertz CT molecular complexity index is 448. The number of rotatable bonds is 5. The molecule has 0 aromatic heterocycles. The van der Waals surface area contributed by atoms with Crippen molar-refractivity contribution in [2.75, 3.05) is 26.2 Å². The minimum absolute atomic E-state index is 0.147. The lowest BCUT2D eigenvalue weighted by Crippen LogP contribution is -2.50. The molecular weight excluding hydrogens is 312 g/mol. The van der Waals surface area contributed by atoms with Crippen molar-refractivity contribution in [1.82, 2.24) is 20.9 Å². The van der Waals surface area contributed by atoms with Gasteiger partial charge in [0, 0.05) is 26.2 Å². The average Bonchev–Trinajstić information content (AvgIpc) is 2.67. The summed E-state index contributed by atoms with van der Waals surface area (Å²) in [5, 5.41) is 8.11. The molecule has 0 saturated carbocycles. The van der Waals surface area contributed by atoms with Crippen molar-refractivity contribution < 1.29 is 19.1 Å². The van der Waals surface area contributed by atoms with Gasteiger partial charge in [0.05, 0.1) is 0 Å². The number of nitrogens with zero attached hydrogens (tertiary/aromatic N) is 1. The molecule has 0 bridgehead atoms. The Balaban J connectivity index is 2.35. The quantitative estimate of drug-likeness (QED) is 0.699. The molecule has 4 amide bonds. The number of hydrogen-bond donors (Lipinski definition) is 3. The maximum Gasteiger partial charge on any atom is 0.410 e. The van der Waals surface area contributed by atoms with Crippen LogP contribution in [-0.2, 0) is 9.53 Å². The first-order valence-electron chi connectivity index (χ1n) is 8.53. The Kier molecular flexibility index (Phi) is 7.81. The highest BCUT2D eigenvalue weighted by molar-refractivity contribution is 5.87. The number of urea groups is 1. The molecule has 3 N–H and O–H groups in total. The topological polar surface area (TPSA) is 99.8 Å². The van der Waals surface area contributed by atoms with E-state index in [9.17, 15) is 14.4 Å². The van der Waals surface area contributed by atoms with Gasteiger partial charge >= 0.3 is 12.1 Å². The zero-order chi connectivity index (χ0) is 18.2. The van der Waals surface area contributed by atoms with E-state index in [1.54, 1.807) is 0 Å². The highest BCUT2D eigenvalue weighted by Gasteiger charge is 2.23. The fraction of sp³-hybridized carbons (Fsp3) is 0.812. The molecule has 8 heteroatoms. The Labute approximate surface area is 143 Å². The average molecular weight is 342 g/mol. The second kappa shape index (κ2) is 9.34. The van der Waals surface area contributed by atoms with Crippen LogP contribution in [0.15, 0.2) is 0 Å². The maximum absolute atomic E-state index is 12.0. The van der Waals surface area contributed by atoms with Gasteiger partial charge in [-0.3, -0.25) is 4.79 Å². The third kappa shape index (κ3) is 7.52. The van der Waals surface area contributed by atoms with Crippen LogP contribution < -0.4 is 16.0 Å². The van der Waals surface area contributed by atoms with E-state index in [0.717, 1.165) is 12.8 Å². The van der Waals surface area contributed by atoms with Crippen LogP contribution in [0.25, 0.3) is 0 Å². The predicted octanol–water partition coefficient (Wildman–Crippen LogP) is 1.21. The number of ether oxygens (including phenoxy) is 1. The molecule has 24 heavy (non-hydrogen) atoms. The van der Waals surface area contributed by atoms with E-state index in [1.807, 2.05) is 27.7 Å². The number of carbonyl (C=O) groups is 3. The summed E-state index contributed by atoms with van der Waals surface area (Å²) in [7, 11) is 0. The van der Waals surface area contributed by atoms with Crippen molar-refractivity contribution in [3.05, 3.63) is 0 Å². The molecule has 1 aliphatic heterocycles. The Morgan fingerprint density at radius 2 is 2.04 bits per heavy atom. The first-order valence-corrected chi connectivity index (χ1v) is 8.53. The largest absolute Gasteiger partial charge is 0.444 e. The molecule has 0 spiro atoms. The minimum Gasteiger partial charge on any atom is -0.444 e. The summed E-state index contributed by atoms with van der Waals surface area (Å²) in [4.78, 5) is 37.2. The zero-order valence-electron chi connectivity index (χ0n) is 15.1. The molecule has 1 fully saturated rings. The molecule has 138 valence electrons. The van der Waals surface area contributed by atoms with Crippen LogP contribution in [0.3, 0.4) is 0 Å². The van der Waals surface area contributed by atoms with Crippen LogP contribution >= 0.6 is 0 Å². The van der Waals surface area contributed by atoms with Gasteiger partial charge in [-0.25, -0.2) is 9.59 Å². The molecular formula is C16H30N4O4. The summed E-state index contributed by atoms with van der Waals surface area (Å²) in [5.74, 6) is -0.147. The standard InChI is InChI=1S/C16H30N4O4/c1-5-20(15(23)24-16(2,3)4)11-10-18-14(22)19-12-8-6-7-9-17-13(12)21/h12H,5-11H2,1-4H3,(H,17,21)(H2,18,19,22). The van der Waals surface area contributed by atoms with Crippen LogP contribution in [0.5, 0.6) is 0 Å². The second-order valence-electron chi connectivity index (χ2n) is 6.80. The molecule has 0 aromatic carbocycles. The first kappa shape index (κ1) is 20.1. The van der Waals surface area contributed by atoms with Gasteiger partial charge in [0.2, 0.25) is 5.91 Å². The summed E-state index contributed by atoms with van der Waals surface area (Å²) in [6.45, 7) is 9.04. The van der Waals surface area contributed by atoms with Crippen LogP contribution in [0.2, 0.25) is 0 Å². The molecule has 1 saturated heterocycles. The Morgan fingerprint density at radius 3 is 2.67 bits per heavy atom. The maximum atomic E-state index is 12.0. The molecule has 1 atom stereocenters. The van der Waals surface area contributed by atoms with Gasteiger partial charge in [-0.05, 0) is 47.0 Å². The number of carbonyl (C=O) groups excluding carboxylic acids is 3. The van der Waals surface area contributed by atoms with E-state index in [1.165, 1.54) is 4.90 Å². The van der Waals surface area contributed by atoms with Crippen molar-refractivity contribution in [2.24, 2.45) is 0 Å². The SMILES string of the molecule is CCN(CCNC(=O)NC1CCCCNC1=O)C(=O)OC(C)(C)C. The first-order chi connectivity index (χ1) is 11.2. The van der Waals surface area contributed by atoms with Crippen molar-refractivity contribution in [3.63, 3.8) is 0 Å². The van der Waals surface area contributed by atoms with E-state index in [0.29, 0.717) is 26.1 Å². The van der Waals surface area contributed by atoms with Gasteiger partial charge in [-0.15, -0.1) is 0 Å². The van der Waals surface area contributed by atoms with E-state index < -0.39 is 23.8 Å². The van der Waals surface area contributed by atoms with Crippen LogP contribution in [0, 0.1) is 0 Å². The van der Waals surface area contributed by atoms with E-state index in [2.05, 4.69) is 16.0 Å². The molecule has 0 aromatic rings. The lowest BCUT2D eigenvalue weighted by Gasteiger charge is -2.26. The number of amides is 4. The van der Waals surface area contributed by atoms with E-state index in [4.69, 9.17) is 4.74 Å². The predicted molar refractivity (Wildman–Crippen MR) is 90.7 cm³/mol. The van der Waals surface area contributed by atoms with Gasteiger partial charge in [-0.2, -0.15) is 0 Å². The minimum atomic E-state index is -0.553. The van der Waals surface area contributed by atoms with E-state index >= 15 is 0 Å². The van der Waals surface area contributed by atoms with Crippen molar-refractivity contribution in [1.29, 1.82) is 0 Å². The van der Waals surface area contributed by atoms with Gasteiger partial charge < -0.3 is 25.6 Å². The highest BCUT2D eigenvalue weighted by atomic mass is 16.6. The zero-order valence-corrected chi connectivity index (χ0v) is 15.1. The third-order valence-electron chi connectivity index (χ3n) is 3.54. The second-order valence-corrected chi connectivity index (χ2v) is 6.80. The molecule has 1 heterocycles. The van der Waals surface area contributed by atoms with Gasteiger partial charge in [0.25, 0.3) is 0 Å². The normalized spacial score (nSPS) is 18.2. The smallest absolute Gasteiger partial charge is 0.410 e. The molecule has 0 radical (unpaired) electrons. The van der Waals surface area contributed by atoms with Crippen molar-refractivity contribution >= 4 is 18.0 Å². The van der Waals surface area contributed by atoms with E-state index in [-0.39, 0.29) is 12.5 Å². The number of likely N-dealkylation sites (N-methyl/N-ethyl adjacent to an activating group) is 1. The third-order valence-corrected chi connectivity index (χ3v) is 3.54. The monoisotopic (exact) mass is 342 g/mol. The lowest BCUT2D eigenvalue weighted by atomic mass is 10.1. The molecule has 0 aliphatic carbocycles. The summed E-state index contributed by atoms with van der Waals surface area (Å²) in [5.41, 5.74) is -0.553. The Morgan fingerprint density at radius 1 is 1.33 bits per heavy atom. The molecule has 8 nitrogen and oxygen atoms in total. The van der Waals surface area contributed by atoms with Gasteiger partial charge in [0.1, 0.15) is 11.6 Å². The van der Waals surface area contributed by atoms with Crippen LogP contribution in [-0.4, -0.2) is 60.8 Å². The summed E-state index contributed by atoms with van der Waals surface area (Å²) in [6, 6.07) is -0.905. The van der Waals surface area contributed by atoms with Gasteiger partial charge in [0.15, 0.2) is 0 Å². The highest BCUT2D eigenvalue weighted by Crippen LogP contribution is 2.09. The van der Waals surface area contributed by atoms with Crippen LogP contribution in [0.1, 0.15) is 47.0 Å². The molecule has 1 unspecified atom stereocenters. The Hall–Kier alpha value is -1.99. The van der Waals surface area contributed by atoms with Crippen LogP contribution in [0.4, 0.5) is 9.59 Å². The summed E-state index contributed by atoms with van der Waals surface area (Å²) in [6.07, 6.45) is 2.05. The summed E-state index contributed by atoms with van der Waals surface area (Å²) < 4.78 is 5.30. The van der Waals surface area contributed by atoms with Gasteiger partial charge in [-0.1, -0.05) is 0 Å². The number of nitrogens with one attached hydrogen (secondary N) is 3. The molecule has 1 rings (SSSR count). The van der Waals surface area contributed by atoms with Crippen molar-refractivity contribution in [3.8, 4) is 0 Å². The fourth-order valence-corrected chi connectivity index (χ4v) is 2.30. The van der Waals surface area contributed by atoms with Crippen molar-refractivity contribution in [2.45, 2.75) is 58.6 Å². The summed E-state index contributed by atoms with van der Waals surface area (Å²) >= 11 is 0. The lowest BCUT2D eigenvalue weighted by molar-refractivity contribution is -0.122. The fourth-order valence-electron chi connectivity index (χ4n) is 2.30. The number of hydrogen-bond acceptors (Lipinski definition) is 4.